The highest BCUT2D eigenvalue weighted by Crippen LogP contribution is 2.22. The van der Waals surface area contributed by atoms with E-state index >= 15 is 0 Å². The summed E-state index contributed by atoms with van der Waals surface area (Å²) in [5.74, 6) is 0. The van der Waals surface area contributed by atoms with Crippen LogP contribution in [0.25, 0.3) is 0 Å². The van der Waals surface area contributed by atoms with Gasteiger partial charge in [0.1, 0.15) is 0 Å². The summed E-state index contributed by atoms with van der Waals surface area (Å²) in [5.41, 5.74) is 1.05. The lowest BCUT2D eigenvalue weighted by Crippen LogP contribution is -2.53. The molecule has 1 unspecified atom stereocenters. The van der Waals surface area contributed by atoms with Gasteiger partial charge in [0.2, 0.25) is 0 Å². The summed E-state index contributed by atoms with van der Waals surface area (Å²) in [4.78, 5) is 14.6. The minimum atomic E-state index is -0.844. The van der Waals surface area contributed by atoms with Crippen molar-refractivity contribution in [3.63, 3.8) is 0 Å². The third kappa shape index (κ3) is 2.64. The Morgan fingerprint density at radius 2 is 2.24 bits per heavy atom. The monoisotopic (exact) mass is 254 g/mol. The molecule has 1 fully saturated rings. The molecule has 0 saturated carbocycles. The van der Waals surface area contributed by atoms with Crippen LogP contribution in [0.3, 0.4) is 0 Å². The normalized spacial score (nSPS) is 20.5. The van der Waals surface area contributed by atoms with Crippen LogP contribution in [0.5, 0.6) is 0 Å². The zero-order chi connectivity index (χ0) is 12.4. The van der Waals surface area contributed by atoms with Crippen molar-refractivity contribution in [3.8, 4) is 0 Å². The molecular formula is C12H15ClN2O2. The number of anilines is 1. The zero-order valence-corrected chi connectivity index (χ0v) is 10.4. The third-order valence-electron chi connectivity index (χ3n) is 3.05. The standard InChI is InChI=1S/C12H15ClN2O2/c1-9-8-14(5-6-15(9)12(16)17)11-4-2-3-10(13)7-11/h2-4,7,9H,5-6,8H2,1H3,(H,16,17). The Morgan fingerprint density at radius 3 is 2.82 bits per heavy atom. The van der Waals surface area contributed by atoms with Gasteiger partial charge in [0.05, 0.1) is 0 Å². The van der Waals surface area contributed by atoms with Crippen molar-refractivity contribution in [2.24, 2.45) is 0 Å². The summed E-state index contributed by atoms with van der Waals surface area (Å²) in [5, 5.41) is 9.70. The van der Waals surface area contributed by atoms with E-state index in [-0.39, 0.29) is 6.04 Å². The molecule has 1 amide bonds. The van der Waals surface area contributed by atoms with Crippen LogP contribution >= 0.6 is 11.6 Å². The second-order valence-electron chi connectivity index (χ2n) is 4.25. The van der Waals surface area contributed by atoms with Gasteiger partial charge < -0.3 is 14.9 Å². The topological polar surface area (TPSA) is 43.8 Å². The molecule has 4 nitrogen and oxygen atoms in total. The zero-order valence-electron chi connectivity index (χ0n) is 9.64. The Balaban J connectivity index is 2.09. The molecule has 5 heteroatoms. The quantitative estimate of drug-likeness (QED) is 0.838. The van der Waals surface area contributed by atoms with Gasteiger partial charge in [0.15, 0.2) is 0 Å². The van der Waals surface area contributed by atoms with Crippen molar-refractivity contribution in [3.05, 3.63) is 29.3 Å². The predicted molar refractivity (Wildman–Crippen MR) is 67.9 cm³/mol. The molecule has 0 aliphatic carbocycles. The summed E-state index contributed by atoms with van der Waals surface area (Å²) < 4.78 is 0. The SMILES string of the molecule is CC1CN(c2cccc(Cl)c2)CCN1C(=O)O. The van der Waals surface area contributed by atoms with Gasteiger partial charge in [-0.1, -0.05) is 17.7 Å². The maximum atomic E-state index is 10.9. The van der Waals surface area contributed by atoms with E-state index in [4.69, 9.17) is 16.7 Å². The summed E-state index contributed by atoms with van der Waals surface area (Å²) in [6.07, 6.45) is -0.844. The second-order valence-corrected chi connectivity index (χ2v) is 4.69. The summed E-state index contributed by atoms with van der Waals surface area (Å²) in [7, 11) is 0. The maximum absolute atomic E-state index is 10.9. The van der Waals surface area contributed by atoms with Gasteiger partial charge in [-0.05, 0) is 25.1 Å². The van der Waals surface area contributed by atoms with Gasteiger partial charge in [0.25, 0.3) is 0 Å². The number of carbonyl (C=O) groups is 1. The molecule has 17 heavy (non-hydrogen) atoms. The van der Waals surface area contributed by atoms with E-state index in [2.05, 4.69) is 4.90 Å². The van der Waals surface area contributed by atoms with Crippen LogP contribution in [0.1, 0.15) is 6.92 Å². The first-order valence-corrected chi connectivity index (χ1v) is 5.96. The lowest BCUT2D eigenvalue weighted by atomic mass is 10.1. The Bertz CT molecular complexity index is 425. The average molecular weight is 255 g/mol. The van der Waals surface area contributed by atoms with Crippen molar-refractivity contribution in [2.45, 2.75) is 13.0 Å². The van der Waals surface area contributed by atoms with Crippen LogP contribution in [-0.4, -0.2) is 41.8 Å². The molecule has 1 aliphatic heterocycles. The summed E-state index contributed by atoms with van der Waals surface area (Å²) >= 11 is 5.95. The number of hydrogen-bond donors (Lipinski definition) is 1. The molecule has 1 saturated heterocycles. The minimum Gasteiger partial charge on any atom is -0.465 e. The van der Waals surface area contributed by atoms with Crippen LogP contribution in [-0.2, 0) is 0 Å². The van der Waals surface area contributed by atoms with E-state index in [1.165, 1.54) is 4.90 Å². The van der Waals surface area contributed by atoms with E-state index < -0.39 is 6.09 Å². The number of halogens is 1. The van der Waals surface area contributed by atoms with E-state index in [9.17, 15) is 4.79 Å². The lowest BCUT2D eigenvalue weighted by Gasteiger charge is -2.39. The first-order chi connectivity index (χ1) is 8.08. The molecule has 0 bridgehead atoms. The van der Waals surface area contributed by atoms with Crippen LogP contribution in [0.4, 0.5) is 10.5 Å². The van der Waals surface area contributed by atoms with E-state index in [1.54, 1.807) is 0 Å². The van der Waals surface area contributed by atoms with Crippen molar-refractivity contribution >= 4 is 23.4 Å². The number of hydrogen-bond acceptors (Lipinski definition) is 2. The fourth-order valence-corrected chi connectivity index (χ4v) is 2.33. The van der Waals surface area contributed by atoms with Gasteiger partial charge in [-0.25, -0.2) is 4.79 Å². The van der Waals surface area contributed by atoms with Crippen molar-refractivity contribution in [2.75, 3.05) is 24.5 Å². The molecule has 0 radical (unpaired) electrons. The highest BCUT2D eigenvalue weighted by atomic mass is 35.5. The minimum absolute atomic E-state index is 0.000214. The van der Waals surface area contributed by atoms with E-state index in [0.717, 1.165) is 5.69 Å². The molecule has 1 aromatic rings. The predicted octanol–water partition coefficient (Wildman–Crippen LogP) is 2.53. The van der Waals surface area contributed by atoms with Gasteiger partial charge in [-0.15, -0.1) is 0 Å². The molecule has 1 N–H and O–H groups in total. The molecule has 1 aromatic carbocycles. The maximum Gasteiger partial charge on any atom is 0.407 e. The first-order valence-electron chi connectivity index (χ1n) is 5.58. The summed E-state index contributed by atoms with van der Waals surface area (Å²) in [6, 6.07) is 7.65. The number of rotatable bonds is 1. The highest BCUT2D eigenvalue weighted by molar-refractivity contribution is 6.30. The van der Waals surface area contributed by atoms with Crippen LogP contribution in [0.15, 0.2) is 24.3 Å². The number of nitrogens with zero attached hydrogens (tertiary/aromatic N) is 2. The number of benzene rings is 1. The molecule has 92 valence electrons. The Hall–Kier alpha value is -1.42. The molecule has 1 atom stereocenters. The molecule has 0 aromatic heterocycles. The van der Waals surface area contributed by atoms with Crippen molar-refractivity contribution in [1.29, 1.82) is 0 Å². The Morgan fingerprint density at radius 1 is 1.47 bits per heavy atom. The first kappa shape index (κ1) is 12.0. The highest BCUT2D eigenvalue weighted by Gasteiger charge is 2.27. The molecule has 0 spiro atoms. The van der Waals surface area contributed by atoms with Crippen molar-refractivity contribution in [1.82, 2.24) is 4.90 Å². The molecule has 2 rings (SSSR count). The van der Waals surface area contributed by atoms with Crippen molar-refractivity contribution < 1.29 is 9.90 Å². The Kier molecular flexibility index (Phi) is 3.43. The molecular weight excluding hydrogens is 240 g/mol. The largest absolute Gasteiger partial charge is 0.465 e. The third-order valence-corrected chi connectivity index (χ3v) is 3.28. The van der Waals surface area contributed by atoms with Gasteiger partial charge in [-0.2, -0.15) is 0 Å². The second kappa shape index (κ2) is 4.84. The van der Waals surface area contributed by atoms with Gasteiger partial charge in [-0.3, -0.25) is 0 Å². The Labute approximate surface area is 105 Å². The summed E-state index contributed by atoms with van der Waals surface area (Å²) in [6.45, 7) is 3.86. The van der Waals surface area contributed by atoms with E-state index in [1.807, 2.05) is 31.2 Å². The van der Waals surface area contributed by atoms with Crippen LogP contribution in [0.2, 0.25) is 5.02 Å². The van der Waals surface area contributed by atoms with Gasteiger partial charge >= 0.3 is 6.09 Å². The fraction of sp³-hybridized carbons (Fsp3) is 0.417. The number of amides is 1. The number of carboxylic acid groups (broad SMARTS) is 1. The van der Waals surface area contributed by atoms with Gasteiger partial charge in [0, 0.05) is 36.4 Å². The smallest absolute Gasteiger partial charge is 0.407 e. The number of piperazine rings is 1. The molecule has 1 aliphatic rings. The lowest BCUT2D eigenvalue weighted by molar-refractivity contribution is 0.122. The molecule has 1 heterocycles. The fourth-order valence-electron chi connectivity index (χ4n) is 2.15. The van der Waals surface area contributed by atoms with Crippen LogP contribution < -0.4 is 4.90 Å². The average Bonchev–Trinajstić information content (AvgIpc) is 2.28. The van der Waals surface area contributed by atoms with Crippen LogP contribution in [0, 0.1) is 0 Å². The van der Waals surface area contributed by atoms with E-state index in [0.29, 0.717) is 24.7 Å².